The maximum absolute atomic E-state index is 13.5. The number of aryl methyl sites for hydroxylation is 1. The Morgan fingerprint density at radius 3 is 2.89 bits per heavy atom. The average molecular weight is 382 g/mol. The van der Waals surface area contributed by atoms with Crippen LogP contribution in [0.3, 0.4) is 0 Å². The Kier molecular flexibility index (Phi) is 6.33. The van der Waals surface area contributed by atoms with Crippen LogP contribution in [0.4, 0.5) is 4.39 Å². The molecule has 0 unspecified atom stereocenters. The predicted molar refractivity (Wildman–Crippen MR) is 105 cm³/mol. The van der Waals surface area contributed by atoms with Gasteiger partial charge in [-0.3, -0.25) is 4.79 Å². The van der Waals surface area contributed by atoms with Crippen LogP contribution in [0.2, 0.25) is 0 Å². The number of ether oxygens (including phenoxy) is 1. The third kappa shape index (κ3) is 5.76. The number of amides is 1. The minimum Gasteiger partial charge on any atom is -0.487 e. The zero-order chi connectivity index (χ0) is 19.1. The van der Waals surface area contributed by atoms with Gasteiger partial charge in [0, 0.05) is 23.6 Å². The summed E-state index contributed by atoms with van der Waals surface area (Å²) in [5.74, 6) is 0.0824. The van der Waals surface area contributed by atoms with E-state index in [4.69, 9.17) is 4.74 Å². The number of carbonyl (C=O) groups excluding carboxylic acids is 1. The van der Waals surface area contributed by atoms with E-state index in [0.29, 0.717) is 17.9 Å². The van der Waals surface area contributed by atoms with Crippen molar-refractivity contribution in [2.75, 3.05) is 0 Å². The Hall–Kier alpha value is -2.99. The van der Waals surface area contributed by atoms with Gasteiger partial charge in [0.25, 0.3) is 0 Å². The van der Waals surface area contributed by atoms with E-state index >= 15 is 0 Å². The van der Waals surface area contributed by atoms with E-state index in [1.807, 2.05) is 36.6 Å². The van der Waals surface area contributed by atoms with Gasteiger partial charge in [0.15, 0.2) is 0 Å². The zero-order valence-corrected chi connectivity index (χ0v) is 15.6. The second kappa shape index (κ2) is 9.09. The maximum Gasteiger partial charge on any atom is 0.244 e. The molecule has 0 saturated heterocycles. The lowest BCUT2D eigenvalue weighted by Crippen LogP contribution is -2.20. The first-order valence-corrected chi connectivity index (χ1v) is 9.31. The Labute approximate surface area is 161 Å². The molecule has 3 rings (SSSR count). The van der Waals surface area contributed by atoms with Crippen molar-refractivity contribution in [2.24, 2.45) is 0 Å². The van der Waals surface area contributed by atoms with Crippen LogP contribution < -0.4 is 10.1 Å². The van der Waals surface area contributed by atoms with Crippen molar-refractivity contribution in [3.05, 3.63) is 87.6 Å². The SMILES string of the molecule is Cc1nc(COc2cccc(/C=C/C(=O)NCc3ccccc3F)c2)cs1. The fourth-order valence-electron chi connectivity index (χ4n) is 2.39. The highest BCUT2D eigenvalue weighted by Gasteiger charge is 2.03. The van der Waals surface area contributed by atoms with Gasteiger partial charge < -0.3 is 10.1 Å². The van der Waals surface area contributed by atoms with Crippen LogP contribution >= 0.6 is 11.3 Å². The van der Waals surface area contributed by atoms with Gasteiger partial charge in [-0.15, -0.1) is 11.3 Å². The highest BCUT2D eigenvalue weighted by molar-refractivity contribution is 7.09. The Morgan fingerprint density at radius 1 is 1.26 bits per heavy atom. The van der Waals surface area contributed by atoms with Gasteiger partial charge >= 0.3 is 0 Å². The van der Waals surface area contributed by atoms with E-state index in [1.54, 1.807) is 35.6 Å². The second-order valence-corrected chi connectivity index (χ2v) is 6.92. The van der Waals surface area contributed by atoms with Gasteiger partial charge in [0.2, 0.25) is 5.91 Å². The van der Waals surface area contributed by atoms with Crippen molar-refractivity contribution >= 4 is 23.3 Å². The van der Waals surface area contributed by atoms with E-state index in [-0.39, 0.29) is 18.3 Å². The third-order valence-corrected chi connectivity index (χ3v) is 4.57. The molecule has 0 aliphatic heterocycles. The molecule has 0 radical (unpaired) electrons. The summed E-state index contributed by atoms with van der Waals surface area (Å²) >= 11 is 1.59. The van der Waals surface area contributed by atoms with E-state index in [2.05, 4.69) is 10.3 Å². The first-order valence-electron chi connectivity index (χ1n) is 8.43. The molecule has 2 aromatic carbocycles. The number of hydrogen-bond donors (Lipinski definition) is 1. The van der Waals surface area contributed by atoms with E-state index < -0.39 is 0 Å². The molecular weight excluding hydrogens is 363 g/mol. The molecule has 1 N–H and O–H groups in total. The van der Waals surface area contributed by atoms with Crippen LogP contribution in [-0.2, 0) is 17.9 Å². The smallest absolute Gasteiger partial charge is 0.244 e. The highest BCUT2D eigenvalue weighted by atomic mass is 32.1. The van der Waals surface area contributed by atoms with Gasteiger partial charge in [0.1, 0.15) is 18.2 Å². The van der Waals surface area contributed by atoms with Crippen molar-refractivity contribution in [3.8, 4) is 5.75 Å². The molecule has 0 aliphatic carbocycles. The summed E-state index contributed by atoms with van der Waals surface area (Å²) in [6, 6.07) is 13.8. The summed E-state index contributed by atoms with van der Waals surface area (Å²) in [5.41, 5.74) is 2.18. The summed E-state index contributed by atoms with van der Waals surface area (Å²) in [5, 5.41) is 5.65. The summed E-state index contributed by atoms with van der Waals surface area (Å²) in [4.78, 5) is 16.3. The molecule has 4 nitrogen and oxygen atoms in total. The number of carbonyl (C=O) groups is 1. The quantitative estimate of drug-likeness (QED) is 0.612. The van der Waals surface area contributed by atoms with E-state index in [1.165, 1.54) is 12.1 Å². The van der Waals surface area contributed by atoms with E-state index in [0.717, 1.165) is 16.3 Å². The normalized spacial score (nSPS) is 10.9. The van der Waals surface area contributed by atoms with Crippen LogP contribution in [0, 0.1) is 12.7 Å². The summed E-state index contributed by atoms with van der Waals surface area (Å²) < 4.78 is 19.3. The molecule has 0 spiro atoms. The maximum atomic E-state index is 13.5. The number of nitrogens with zero attached hydrogens (tertiary/aromatic N) is 1. The zero-order valence-electron chi connectivity index (χ0n) is 14.8. The lowest BCUT2D eigenvalue weighted by atomic mass is 10.2. The summed E-state index contributed by atoms with van der Waals surface area (Å²) in [6.45, 7) is 2.50. The molecule has 138 valence electrons. The van der Waals surface area contributed by atoms with Crippen molar-refractivity contribution in [3.63, 3.8) is 0 Å². The van der Waals surface area contributed by atoms with Crippen molar-refractivity contribution in [2.45, 2.75) is 20.1 Å². The van der Waals surface area contributed by atoms with Crippen molar-refractivity contribution in [1.82, 2.24) is 10.3 Å². The van der Waals surface area contributed by atoms with Gasteiger partial charge in [-0.25, -0.2) is 9.37 Å². The largest absolute Gasteiger partial charge is 0.487 e. The summed E-state index contributed by atoms with van der Waals surface area (Å²) in [7, 11) is 0. The number of hydrogen-bond acceptors (Lipinski definition) is 4. The third-order valence-electron chi connectivity index (χ3n) is 3.75. The first-order chi connectivity index (χ1) is 13.1. The van der Waals surface area contributed by atoms with Gasteiger partial charge in [-0.1, -0.05) is 30.3 Å². The molecule has 1 heterocycles. The topological polar surface area (TPSA) is 51.2 Å². The van der Waals surface area contributed by atoms with Gasteiger partial charge in [0.05, 0.1) is 10.7 Å². The minimum absolute atomic E-state index is 0.145. The van der Waals surface area contributed by atoms with Crippen LogP contribution in [0.1, 0.15) is 21.8 Å². The first kappa shape index (κ1) is 18.8. The lowest BCUT2D eigenvalue weighted by Gasteiger charge is -2.05. The van der Waals surface area contributed by atoms with Crippen molar-refractivity contribution in [1.29, 1.82) is 0 Å². The van der Waals surface area contributed by atoms with E-state index in [9.17, 15) is 9.18 Å². The number of aromatic nitrogens is 1. The van der Waals surface area contributed by atoms with Crippen LogP contribution in [0.15, 0.2) is 60.0 Å². The fourth-order valence-corrected chi connectivity index (χ4v) is 2.99. The molecule has 0 atom stereocenters. The minimum atomic E-state index is -0.332. The number of thiazole rings is 1. The Bertz CT molecular complexity index is 953. The summed E-state index contributed by atoms with van der Waals surface area (Å²) in [6.07, 6.45) is 3.11. The number of benzene rings is 2. The lowest BCUT2D eigenvalue weighted by molar-refractivity contribution is -0.116. The second-order valence-electron chi connectivity index (χ2n) is 5.86. The number of halogens is 1. The standard InChI is InChI=1S/C21H19FN2O2S/c1-15-24-18(14-27-15)13-26-19-7-4-5-16(11-19)9-10-21(25)23-12-17-6-2-3-8-20(17)22/h2-11,14H,12-13H2,1H3,(H,23,25)/b10-9+. The predicted octanol–water partition coefficient (Wildman–Crippen LogP) is 4.50. The van der Waals surface area contributed by atoms with Crippen LogP contribution in [0.25, 0.3) is 6.08 Å². The molecular formula is C21H19FN2O2S. The Morgan fingerprint density at radius 2 is 2.11 bits per heavy atom. The van der Waals surface area contributed by atoms with Gasteiger partial charge in [-0.2, -0.15) is 0 Å². The fraction of sp³-hybridized carbons (Fsp3) is 0.143. The molecule has 0 fully saturated rings. The number of nitrogens with one attached hydrogen (secondary N) is 1. The average Bonchev–Trinajstić information content (AvgIpc) is 3.10. The molecule has 27 heavy (non-hydrogen) atoms. The monoisotopic (exact) mass is 382 g/mol. The van der Waals surface area contributed by atoms with Crippen LogP contribution in [0.5, 0.6) is 5.75 Å². The number of rotatable bonds is 7. The molecule has 0 saturated carbocycles. The van der Waals surface area contributed by atoms with Crippen molar-refractivity contribution < 1.29 is 13.9 Å². The molecule has 1 aromatic heterocycles. The molecule has 3 aromatic rings. The molecule has 0 aliphatic rings. The molecule has 0 bridgehead atoms. The van der Waals surface area contributed by atoms with Gasteiger partial charge in [-0.05, 0) is 36.8 Å². The Balaban J connectivity index is 1.53. The van der Waals surface area contributed by atoms with Crippen LogP contribution in [-0.4, -0.2) is 10.9 Å². The molecule has 1 amide bonds. The molecule has 6 heteroatoms. The highest BCUT2D eigenvalue weighted by Crippen LogP contribution is 2.17.